The lowest BCUT2D eigenvalue weighted by Crippen LogP contribution is -2.01. The van der Waals surface area contributed by atoms with Crippen LogP contribution in [0.5, 0.6) is 0 Å². The van der Waals surface area contributed by atoms with Gasteiger partial charge in [-0.1, -0.05) is 23.6 Å². The van der Waals surface area contributed by atoms with Crippen molar-refractivity contribution in [2.45, 2.75) is 20.4 Å². The zero-order valence-electron chi connectivity index (χ0n) is 10.1. The fourth-order valence-corrected chi connectivity index (χ4v) is 1.81. The van der Waals surface area contributed by atoms with E-state index in [9.17, 15) is 0 Å². The smallest absolute Gasteiger partial charge is 0.132 e. The van der Waals surface area contributed by atoms with Gasteiger partial charge in [-0.15, -0.1) is 6.42 Å². The molecule has 0 atom stereocenters. The Kier molecular flexibility index (Phi) is 2.88. The van der Waals surface area contributed by atoms with Crippen LogP contribution in [0.4, 0.5) is 5.82 Å². The van der Waals surface area contributed by atoms with Gasteiger partial charge in [0.25, 0.3) is 0 Å². The highest BCUT2D eigenvalue weighted by Crippen LogP contribution is 2.27. The molecule has 2 rings (SSSR count). The molecule has 3 heteroatoms. The minimum Gasteiger partial charge on any atom is -0.383 e. The summed E-state index contributed by atoms with van der Waals surface area (Å²) in [6, 6.07) is 6.24. The maximum Gasteiger partial charge on any atom is 0.132 e. The molecule has 0 aliphatic rings. The number of terminal acetylenes is 1. The number of hydrogen-bond acceptors (Lipinski definition) is 2. The van der Waals surface area contributed by atoms with Crippen molar-refractivity contribution in [2.24, 2.45) is 0 Å². The van der Waals surface area contributed by atoms with Gasteiger partial charge in [-0.25, -0.2) is 4.98 Å². The van der Waals surface area contributed by atoms with Crippen molar-refractivity contribution in [1.82, 2.24) is 9.55 Å². The summed E-state index contributed by atoms with van der Waals surface area (Å²) < 4.78 is 1.77. The molecule has 0 saturated heterocycles. The van der Waals surface area contributed by atoms with Crippen molar-refractivity contribution in [3.05, 3.63) is 35.7 Å². The molecule has 1 aromatic heterocycles. The van der Waals surface area contributed by atoms with Crippen LogP contribution in [-0.2, 0) is 6.54 Å². The zero-order valence-corrected chi connectivity index (χ0v) is 10.1. The second-order valence-electron chi connectivity index (χ2n) is 4.13. The predicted octanol–water partition coefficient (Wildman–Crippen LogP) is 2.38. The van der Waals surface area contributed by atoms with Gasteiger partial charge in [0.2, 0.25) is 0 Å². The van der Waals surface area contributed by atoms with Crippen molar-refractivity contribution in [2.75, 3.05) is 5.73 Å². The maximum absolute atomic E-state index is 6.05. The quantitative estimate of drug-likeness (QED) is 0.797. The molecule has 86 valence electrons. The van der Waals surface area contributed by atoms with Crippen molar-refractivity contribution in [3.63, 3.8) is 0 Å². The van der Waals surface area contributed by atoms with E-state index in [1.165, 1.54) is 5.56 Å². The van der Waals surface area contributed by atoms with Gasteiger partial charge < -0.3 is 10.3 Å². The molecule has 3 nitrogen and oxygen atoms in total. The van der Waals surface area contributed by atoms with Crippen LogP contribution in [0.3, 0.4) is 0 Å². The Labute approximate surface area is 101 Å². The number of nitrogens with two attached hydrogens (primary N) is 1. The summed E-state index contributed by atoms with van der Waals surface area (Å²) in [5.74, 6) is 3.18. The summed E-state index contributed by atoms with van der Waals surface area (Å²) in [7, 11) is 0. The van der Waals surface area contributed by atoms with E-state index in [0.717, 1.165) is 16.8 Å². The van der Waals surface area contributed by atoms with E-state index in [1.54, 1.807) is 10.9 Å². The van der Waals surface area contributed by atoms with Gasteiger partial charge in [0, 0.05) is 5.56 Å². The second kappa shape index (κ2) is 4.34. The van der Waals surface area contributed by atoms with Crippen LogP contribution in [0.15, 0.2) is 24.5 Å². The minimum absolute atomic E-state index is 0.448. The minimum atomic E-state index is 0.448. The highest BCUT2D eigenvalue weighted by molar-refractivity contribution is 5.73. The SMILES string of the molecule is C#CCn1cnc(-c2cc(C)ccc2C)c1N. The molecule has 0 spiro atoms. The molecule has 0 aliphatic carbocycles. The molecule has 2 aromatic rings. The van der Waals surface area contributed by atoms with Gasteiger partial charge in [0.05, 0.1) is 12.9 Å². The van der Waals surface area contributed by atoms with E-state index < -0.39 is 0 Å². The molecule has 1 heterocycles. The van der Waals surface area contributed by atoms with Crippen molar-refractivity contribution >= 4 is 5.82 Å². The van der Waals surface area contributed by atoms with Crippen molar-refractivity contribution in [3.8, 4) is 23.6 Å². The normalized spacial score (nSPS) is 10.2. The van der Waals surface area contributed by atoms with Gasteiger partial charge in [-0.3, -0.25) is 0 Å². The van der Waals surface area contributed by atoms with Crippen LogP contribution >= 0.6 is 0 Å². The summed E-state index contributed by atoms with van der Waals surface area (Å²) in [6.45, 7) is 4.55. The van der Waals surface area contributed by atoms with Crippen LogP contribution in [0, 0.1) is 26.2 Å². The molecular weight excluding hydrogens is 210 g/mol. The highest BCUT2D eigenvalue weighted by Gasteiger charge is 2.11. The fourth-order valence-electron chi connectivity index (χ4n) is 1.81. The zero-order chi connectivity index (χ0) is 12.4. The number of rotatable bonds is 2. The van der Waals surface area contributed by atoms with Crippen LogP contribution in [0.25, 0.3) is 11.3 Å². The van der Waals surface area contributed by atoms with Crippen molar-refractivity contribution in [1.29, 1.82) is 0 Å². The van der Waals surface area contributed by atoms with Crippen LogP contribution < -0.4 is 5.73 Å². The first-order valence-corrected chi connectivity index (χ1v) is 5.45. The largest absolute Gasteiger partial charge is 0.383 e. The lowest BCUT2D eigenvalue weighted by Gasteiger charge is -2.06. The summed E-state index contributed by atoms with van der Waals surface area (Å²) in [5, 5.41) is 0. The number of anilines is 1. The molecule has 0 fully saturated rings. The molecule has 2 N–H and O–H groups in total. The Balaban J connectivity index is 2.54. The Morgan fingerprint density at radius 2 is 2.18 bits per heavy atom. The van der Waals surface area contributed by atoms with E-state index in [-0.39, 0.29) is 0 Å². The van der Waals surface area contributed by atoms with Crippen LogP contribution in [0.2, 0.25) is 0 Å². The average Bonchev–Trinajstić information content (AvgIpc) is 2.65. The number of nitrogens with zero attached hydrogens (tertiary/aromatic N) is 2. The first-order valence-electron chi connectivity index (χ1n) is 5.45. The summed E-state index contributed by atoms with van der Waals surface area (Å²) >= 11 is 0. The predicted molar refractivity (Wildman–Crippen MR) is 70.4 cm³/mol. The van der Waals surface area contributed by atoms with Gasteiger partial charge in [0.15, 0.2) is 0 Å². The lowest BCUT2D eigenvalue weighted by molar-refractivity contribution is 0.852. The molecule has 0 aliphatic heterocycles. The third kappa shape index (κ3) is 2.02. The maximum atomic E-state index is 6.05. The fraction of sp³-hybridized carbons (Fsp3) is 0.214. The topological polar surface area (TPSA) is 43.8 Å². The second-order valence-corrected chi connectivity index (χ2v) is 4.13. The van der Waals surface area contributed by atoms with Crippen LogP contribution in [0.1, 0.15) is 11.1 Å². The van der Waals surface area contributed by atoms with Crippen LogP contribution in [-0.4, -0.2) is 9.55 Å². The molecule has 0 radical (unpaired) electrons. The Hall–Kier alpha value is -2.21. The van der Waals surface area contributed by atoms with Gasteiger partial charge >= 0.3 is 0 Å². The van der Waals surface area contributed by atoms with Gasteiger partial charge in [0.1, 0.15) is 11.5 Å². The lowest BCUT2D eigenvalue weighted by atomic mass is 10.0. The Morgan fingerprint density at radius 3 is 2.88 bits per heavy atom. The summed E-state index contributed by atoms with van der Waals surface area (Å²) in [4.78, 5) is 4.35. The molecule has 0 saturated carbocycles. The van der Waals surface area contributed by atoms with Gasteiger partial charge in [-0.2, -0.15) is 0 Å². The van der Waals surface area contributed by atoms with E-state index in [1.807, 2.05) is 0 Å². The molecule has 0 bridgehead atoms. The molecule has 1 aromatic carbocycles. The van der Waals surface area contributed by atoms with E-state index in [0.29, 0.717) is 12.4 Å². The number of nitrogen functional groups attached to an aromatic ring is 1. The summed E-state index contributed by atoms with van der Waals surface area (Å²) in [6.07, 6.45) is 6.96. The Morgan fingerprint density at radius 1 is 1.41 bits per heavy atom. The standard InChI is InChI=1S/C14H15N3/c1-4-7-17-9-16-13(14(17)15)12-8-10(2)5-6-11(12)3/h1,5-6,8-9H,7,15H2,2-3H3. The molecule has 0 amide bonds. The highest BCUT2D eigenvalue weighted by atomic mass is 15.1. The summed E-state index contributed by atoms with van der Waals surface area (Å²) in [5.41, 5.74) is 10.3. The van der Waals surface area contributed by atoms with E-state index in [2.05, 4.69) is 43.0 Å². The third-order valence-electron chi connectivity index (χ3n) is 2.79. The Bertz CT molecular complexity index is 588. The monoisotopic (exact) mass is 225 g/mol. The average molecular weight is 225 g/mol. The number of hydrogen-bond donors (Lipinski definition) is 1. The van der Waals surface area contributed by atoms with Gasteiger partial charge in [-0.05, 0) is 25.5 Å². The molecule has 0 unspecified atom stereocenters. The van der Waals surface area contributed by atoms with Crippen molar-refractivity contribution < 1.29 is 0 Å². The number of aromatic nitrogens is 2. The number of aryl methyl sites for hydroxylation is 2. The first-order chi connectivity index (χ1) is 8.13. The molecular formula is C14H15N3. The number of benzene rings is 1. The first kappa shape index (κ1) is 11.3. The van der Waals surface area contributed by atoms with E-state index >= 15 is 0 Å². The molecule has 17 heavy (non-hydrogen) atoms. The van der Waals surface area contributed by atoms with E-state index in [4.69, 9.17) is 12.2 Å². The third-order valence-corrected chi connectivity index (χ3v) is 2.79. The number of imidazole rings is 1.